The molecule has 0 heterocycles. The lowest BCUT2D eigenvalue weighted by Crippen LogP contribution is -2.32. The van der Waals surface area contributed by atoms with Crippen molar-refractivity contribution in [3.63, 3.8) is 0 Å². The number of benzene rings is 1. The molecule has 2 N–H and O–H groups in total. The summed E-state index contributed by atoms with van der Waals surface area (Å²) in [5.41, 5.74) is 0.840. The average Bonchev–Trinajstić information content (AvgIpc) is 2.43. The van der Waals surface area contributed by atoms with Crippen LogP contribution in [0.2, 0.25) is 0 Å². The van der Waals surface area contributed by atoms with E-state index in [2.05, 4.69) is 26.6 Å². The molecule has 1 aliphatic rings. The van der Waals surface area contributed by atoms with E-state index in [-0.39, 0.29) is 5.91 Å². The van der Waals surface area contributed by atoms with Gasteiger partial charge in [-0.15, -0.1) is 0 Å². The van der Waals surface area contributed by atoms with E-state index in [1.165, 1.54) is 32.1 Å². The maximum atomic E-state index is 11.8. The van der Waals surface area contributed by atoms with Gasteiger partial charge in [-0.3, -0.25) is 4.79 Å². The Bertz CT molecular complexity index is 399. The first-order valence-electron chi connectivity index (χ1n) is 7.00. The van der Waals surface area contributed by atoms with Crippen LogP contribution in [0.15, 0.2) is 28.7 Å². The van der Waals surface area contributed by atoms with Crippen LogP contribution in [0.4, 0.5) is 5.69 Å². The standard InChI is InChI=1S/C15H21BrN2O/c16-13-6-8-14(9-7-13)18-15(19)11-17-10-12-4-2-1-3-5-12/h6-9,12,17H,1-5,10-11H2,(H,18,19). The van der Waals surface area contributed by atoms with E-state index in [0.29, 0.717) is 6.54 Å². The highest BCUT2D eigenvalue weighted by molar-refractivity contribution is 9.10. The van der Waals surface area contributed by atoms with E-state index < -0.39 is 0 Å². The molecule has 0 saturated heterocycles. The van der Waals surface area contributed by atoms with Crippen molar-refractivity contribution in [3.8, 4) is 0 Å². The van der Waals surface area contributed by atoms with Gasteiger partial charge in [0, 0.05) is 10.2 Å². The lowest BCUT2D eigenvalue weighted by molar-refractivity contribution is -0.115. The van der Waals surface area contributed by atoms with Gasteiger partial charge in [0.05, 0.1) is 6.54 Å². The molecule has 1 fully saturated rings. The van der Waals surface area contributed by atoms with E-state index in [1.807, 2.05) is 24.3 Å². The van der Waals surface area contributed by atoms with Crippen molar-refractivity contribution in [2.24, 2.45) is 5.92 Å². The molecule has 104 valence electrons. The van der Waals surface area contributed by atoms with Crippen molar-refractivity contribution < 1.29 is 4.79 Å². The zero-order valence-electron chi connectivity index (χ0n) is 11.1. The van der Waals surface area contributed by atoms with Crippen molar-refractivity contribution in [2.45, 2.75) is 32.1 Å². The number of anilines is 1. The quantitative estimate of drug-likeness (QED) is 0.869. The maximum Gasteiger partial charge on any atom is 0.238 e. The second-order valence-corrected chi connectivity index (χ2v) is 6.11. The van der Waals surface area contributed by atoms with Gasteiger partial charge in [0.25, 0.3) is 0 Å². The first-order chi connectivity index (χ1) is 9.24. The number of carbonyl (C=O) groups excluding carboxylic acids is 1. The minimum Gasteiger partial charge on any atom is -0.325 e. The van der Waals surface area contributed by atoms with Crippen LogP contribution >= 0.6 is 15.9 Å². The number of hydrogen-bond donors (Lipinski definition) is 2. The Kier molecular flexibility index (Phi) is 5.86. The van der Waals surface area contributed by atoms with E-state index in [9.17, 15) is 4.79 Å². The highest BCUT2D eigenvalue weighted by atomic mass is 79.9. The number of carbonyl (C=O) groups is 1. The Balaban J connectivity index is 1.65. The summed E-state index contributed by atoms with van der Waals surface area (Å²) in [5.74, 6) is 0.785. The van der Waals surface area contributed by atoms with Gasteiger partial charge in [0.1, 0.15) is 0 Å². The van der Waals surface area contributed by atoms with Gasteiger partial charge in [0.15, 0.2) is 0 Å². The lowest BCUT2D eigenvalue weighted by Gasteiger charge is -2.21. The van der Waals surface area contributed by atoms with Crippen LogP contribution < -0.4 is 10.6 Å². The van der Waals surface area contributed by atoms with E-state index >= 15 is 0 Å². The molecule has 0 atom stereocenters. The largest absolute Gasteiger partial charge is 0.325 e. The van der Waals surface area contributed by atoms with Crippen molar-refractivity contribution in [3.05, 3.63) is 28.7 Å². The summed E-state index contributed by atoms with van der Waals surface area (Å²) in [6, 6.07) is 7.63. The van der Waals surface area contributed by atoms with Crippen LogP contribution in [0.3, 0.4) is 0 Å². The van der Waals surface area contributed by atoms with Gasteiger partial charge < -0.3 is 10.6 Å². The molecule has 0 radical (unpaired) electrons. The van der Waals surface area contributed by atoms with Crippen LogP contribution in [0, 0.1) is 5.92 Å². The molecule has 0 aromatic heterocycles. The third-order valence-corrected chi connectivity index (χ3v) is 4.10. The molecule has 1 aromatic carbocycles. The van der Waals surface area contributed by atoms with Crippen LogP contribution in [0.5, 0.6) is 0 Å². The summed E-state index contributed by atoms with van der Waals surface area (Å²) in [6.07, 6.45) is 6.68. The van der Waals surface area contributed by atoms with Crippen LogP contribution in [0.25, 0.3) is 0 Å². The number of rotatable bonds is 5. The van der Waals surface area contributed by atoms with Gasteiger partial charge in [0.2, 0.25) is 5.91 Å². The highest BCUT2D eigenvalue weighted by Gasteiger charge is 2.13. The molecule has 3 nitrogen and oxygen atoms in total. The highest BCUT2D eigenvalue weighted by Crippen LogP contribution is 2.22. The van der Waals surface area contributed by atoms with Gasteiger partial charge in [-0.05, 0) is 49.6 Å². The fraction of sp³-hybridized carbons (Fsp3) is 0.533. The monoisotopic (exact) mass is 324 g/mol. The number of hydrogen-bond acceptors (Lipinski definition) is 2. The first-order valence-corrected chi connectivity index (χ1v) is 7.79. The smallest absolute Gasteiger partial charge is 0.238 e. The maximum absolute atomic E-state index is 11.8. The van der Waals surface area contributed by atoms with Crippen LogP contribution in [-0.2, 0) is 4.79 Å². The van der Waals surface area contributed by atoms with Crippen molar-refractivity contribution >= 4 is 27.5 Å². The third-order valence-electron chi connectivity index (χ3n) is 3.57. The molecular formula is C15H21BrN2O. The summed E-state index contributed by atoms with van der Waals surface area (Å²) in [7, 11) is 0. The second-order valence-electron chi connectivity index (χ2n) is 5.19. The summed E-state index contributed by atoms with van der Waals surface area (Å²) in [6.45, 7) is 1.36. The Morgan fingerprint density at radius 1 is 1.16 bits per heavy atom. The molecule has 1 aliphatic carbocycles. The minimum absolute atomic E-state index is 0.0260. The minimum atomic E-state index is 0.0260. The number of amides is 1. The summed E-state index contributed by atoms with van der Waals surface area (Å²) >= 11 is 3.37. The molecule has 1 amide bonds. The van der Waals surface area contributed by atoms with E-state index in [0.717, 1.165) is 22.6 Å². The Hall–Kier alpha value is -0.870. The third kappa shape index (κ3) is 5.33. The Morgan fingerprint density at radius 2 is 1.84 bits per heavy atom. The van der Waals surface area contributed by atoms with Gasteiger partial charge >= 0.3 is 0 Å². The van der Waals surface area contributed by atoms with Crippen molar-refractivity contribution in [1.82, 2.24) is 5.32 Å². The zero-order valence-corrected chi connectivity index (χ0v) is 12.7. The average molecular weight is 325 g/mol. The normalized spacial score (nSPS) is 16.3. The SMILES string of the molecule is O=C(CNCC1CCCCC1)Nc1ccc(Br)cc1. The molecule has 1 aromatic rings. The molecule has 0 bridgehead atoms. The van der Waals surface area contributed by atoms with E-state index in [1.54, 1.807) is 0 Å². The molecular weight excluding hydrogens is 304 g/mol. The molecule has 4 heteroatoms. The molecule has 0 unspecified atom stereocenters. The number of nitrogens with one attached hydrogen (secondary N) is 2. The molecule has 19 heavy (non-hydrogen) atoms. The van der Waals surface area contributed by atoms with Gasteiger partial charge in [-0.1, -0.05) is 35.2 Å². The van der Waals surface area contributed by atoms with Gasteiger partial charge in [-0.2, -0.15) is 0 Å². The molecule has 0 aliphatic heterocycles. The topological polar surface area (TPSA) is 41.1 Å². The van der Waals surface area contributed by atoms with Crippen molar-refractivity contribution in [1.29, 1.82) is 0 Å². The molecule has 1 saturated carbocycles. The lowest BCUT2D eigenvalue weighted by atomic mass is 9.89. The molecule has 2 rings (SSSR count). The summed E-state index contributed by atoms with van der Waals surface area (Å²) < 4.78 is 1.01. The zero-order chi connectivity index (χ0) is 13.5. The van der Waals surface area contributed by atoms with E-state index in [4.69, 9.17) is 0 Å². The number of halogens is 1. The summed E-state index contributed by atoms with van der Waals surface area (Å²) in [4.78, 5) is 11.8. The van der Waals surface area contributed by atoms with Gasteiger partial charge in [-0.25, -0.2) is 0 Å². The fourth-order valence-electron chi connectivity index (χ4n) is 2.52. The summed E-state index contributed by atoms with van der Waals surface area (Å²) in [5, 5.41) is 6.15. The van der Waals surface area contributed by atoms with Crippen LogP contribution in [0.1, 0.15) is 32.1 Å². The Morgan fingerprint density at radius 3 is 2.53 bits per heavy atom. The van der Waals surface area contributed by atoms with Crippen LogP contribution in [-0.4, -0.2) is 19.0 Å². The predicted molar refractivity (Wildman–Crippen MR) is 82.2 cm³/mol. The fourth-order valence-corrected chi connectivity index (χ4v) is 2.78. The first kappa shape index (κ1) is 14.5. The predicted octanol–water partition coefficient (Wildman–Crippen LogP) is 3.56. The molecule has 0 spiro atoms. The Labute approximate surface area is 123 Å². The second kappa shape index (κ2) is 7.65. The van der Waals surface area contributed by atoms with Crippen molar-refractivity contribution in [2.75, 3.05) is 18.4 Å².